The third-order valence-corrected chi connectivity index (χ3v) is 3.79. The molecule has 0 aliphatic carbocycles. The molecule has 4 heteroatoms. The topological polar surface area (TPSA) is 46.5 Å². The Morgan fingerprint density at radius 2 is 1.77 bits per heavy atom. The summed E-state index contributed by atoms with van der Waals surface area (Å²) in [5.41, 5.74) is 2.43. The Kier molecular flexibility index (Phi) is 4.31. The number of phenols is 1. The van der Waals surface area contributed by atoms with Crippen molar-refractivity contribution in [3.63, 3.8) is 0 Å². The van der Waals surface area contributed by atoms with E-state index in [1.165, 1.54) is 0 Å². The van der Waals surface area contributed by atoms with Crippen LogP contribution >= 0.6 is 0 Å². The van der Waals surface area contributed by atoms with E-state index in [4.69, 9.17) is 4.74 Å². The maximum absolute atomic E-state index is 12.5. The Morgan fingerprint density at radius 1 is 1.18 bits per heavy atom. The lowest BCUT2D eigenvalue weighted by molar-refractivity contribution is 0.0730. The molecule has 3 nitrogen and oxygen atoms in total. The first-order valence-corrected chi connectivity index (χ1v) is 7.32. The minimum atomic E-state index is -0.532. The maximum atomic E-state index is 12.5. The van der Waals surface area contributed by atoms with E-state index in [0.29, 0.717) is 5.75 Å². The Balaban J connectivity index is 2.50. The third-order valence-electron chi connectivity index (χ3n) is 3.79. The molecule has 0 unspecified atom stereocenters. The highest BCUT2D eigenvalue weighted by molar-refractivity contribution is 6.34. The lowest BCUT2D eigenvalue weighted by Crippen LogP contribution is -2.23. The molecule has 0 saturated carbocycles. The summed E-state index contributed by atoms with van der Waals surface area (Å²) in [6.45, 7) is 7.83. The molecule has 1 N–H and O–H groups in total. The van der Waals surface area contributed by atoms with E-state index in [1.54, 1.807) is 24.3 Å². The molecule has 0 bridgehead atoms. The average Bonchev–Trinajstić information content (AvgIpc) is 2.43. The van der Waals surface area contributed by atoms with Crippen LogP contribution in [0.4, 0.5) is 0 Å². The molecule has 0 saturated heterocycles. The zero-order valence-corrected chi connectivity index (χ0v) is 13.7. The highest BCUT2D eigenvalue weighted by Crippen LogP contribution is 2.34. The van der Waals surface area contributed by atoms with Gasteiger partial charge in [-0.1, -0.05) is 50.5 Å². The summed E-state index contributed by atoms with van der Waals surface area (Å²) in [5.74, 6) is -0.0583. The van der Waals surface area contributed by atoms with Crippen molar-refractivity contribution >= 4 is 19.3 Å². The van der Waals surface area contributed by atoms with Gasteiger partial charge in [-0.05, 0) is 35.6 Å². The molecule has 22 heavy (non-hydrogen) atoms. The molecular weight excluding hydrogens is 275 g/mol. The van der Waals surface area contributed by atoms with Crippen LogP contribution < -0.4 is 10.2 Å². The number of carbonyl (C=O) groups is 1. The normalized spacial score (nSPS) is 11.3. The zero-order chi connectivity index (χ0) is 16.5. The molecule has 2 rings (SSSR count). The van der Waals surface area contributed by atoms with Crippen LogP contribution in [0, 0.1) is 6.92 Å². The van der Waals surface area contributed by atoms with Crippen molar-refractivity contribution in [1.29, 1.82) is 0 Å². The van der Waals surface area contributed by atoms with Gasteiger partial charge in [-0.15, -0.1) is 0 Å². The number of esters is 1. The fourth-order valence-corrected chi connectivity index (χ4v) is 2.37. The highest BCUT2D eigenvalue weighted by atomic mass is 16.5. The number of rotatable bonds is 2. The number of aromatic hydroxyl groups is 1. The van der Waals surface area contributed by atoms with Gasteiger partial charge in [-0.3, -0.25) is 0 Å². The van der Waals surface area contributed by atoms with Gasteiger partial charge in [0.05, 0.1) is 0 Å². The number of para-hydroxylation sites is 1. The van der Waals surface area contributed by atoms with Crippen LogP contribution in [0.2, 0.25) is 0 Å². The fourth-order valence-electron chi connectivity index (χ4n) is 2.37. The van der Waals surface area contributed by atoms with Crippen molar-refractivity contribution in [2.24, 2.45) is 0 Å². The molecule has 0 aliphatic rings. The minimum absolute atomic E-state index is 0.0107. The molecule has 0 amide bonds. The molecule has 0 atom stereocenters. The highest BCUT2D eigenvalue weighted by Gasteiger charge is 2.26. The number of hydrogen-bond acceptors (Lipinski definition) is 3. The van der Waals surface area contributed by atoms with Crippen LogP contribution in [0.25, 0.3) is 0 Å². The molecule has 0 heterocycles. The molecule has 0 aliphatic heterocycles. The van der Waals surface area contributed by atoms with Crippen LogP contribution in [0.3, 0.4) is 0 Å². The first kappa shape index (κ1) is 16.2. The summed E-state index contributed by atoms with van der Waals surface area (Å²) >= 11 is 0. The van der Waals surface area contributed by atoms with E-state index in [1.807, 2.05) is 47.7 Å². The summed E-state index contributed by atoms with van der Waals surface area (Å²) in [4.78, 5) is 12.5. The summed E-state index contributed by atoms with van der Waals surface area (Å²) in [6, 6.07) is 10.8. The number of phenolic OH excluding ortho intramolecular Hbond substituents is 1. The molecule has 0 aromatic heterocycles. The van der Waals surface area contributed by atoms with Crippen LogP contribution in [0.5, 0.6) is 11.5 Å². The van der Waals surface area contributed by atoms with Crippen molar-refractivity contribution in [3.05, 3.63) is 53.1 Å². The first-order chi connectivity index (χ1) is 10.2. The Morgan fingerprint density at radius 3 is 2.32 bits per heavy atom. The average molecular weight is 296 g/mol. The van der Waals surface area contributed by atoms with Gasteiger partial charge in [0.25, 0.3) is 0 Å². The third kappa shape index (κ3) is 3.16. The van der Waals surface area contributed by atoms with Gasteiger partial charge >= 0.3 is 5.97 Å². The largest absolute Gasteiger partial charge is 0.507 e. The molecule has 0 fully saturated rings. The summed E-state index contributed by atoms with van der Waals surface area (Å²) < 4.78 is 5.39. The Hall–Kier alpha value is -2.23. The predicted octanol–water partition coefficient (Wildman–Crippen LogP) is 2.48. The Bertz CT molecular complexity index is 701. The van der Waals surface area contributed by atoms with E-state index in [-0.39, 0.29) is 16.7 Å². The molecule has 0 spiro atoms. The van der Waals surface area contributed by atoms with Crippen molar-refractivity contribution in [3.8, 4) is 11.5 Å². The fraction of sp³-hybridized carbons (Fsp3) is 0.278. The first-order valence-electron chi connectivity index (χ1n) is 7.32. The number of ether oxygens (including phenoxy) is 1. The van der Waals surface area contributed by atoms with Crippen molar-refractivity contribution in [1.82, 2.24) is 0 Å². The maximum Gasteiger partial charge on any atom is 0.347 e. The second-order valence-corrected chi connectivity index (χ2v) is 6.54. The second kappa shape index (κ2) is 5.88. The van der Waals surface area contributed by atoms with E-state index in [0.717, 1.165) is 16.6 Å². The van der Waals surface area contributed by atoms with Gasteiger partial charge in [0.2, 0.25) is 0 Å². The van der Waals surface area contributed by atoms with Gasteiger partial charge in [0.1, 0.15) is 24.9 Å². The number of carbonyl (C=O) groups excluding carboxylic acids is 1. The van der Waals surface area contributed by atoms with Gasteiger partial charge < -0.3 is 9.84 Å². The molecule has 0 radical (unpaired) electrons. The van der Waals surface area contributed by atoms with Gasteiger partial charge in [0, 0.05) is 0 Å². The monoisotopic (exact) mass is 296 g/mol. The summed E-state index contributed by atoms with van der Waals surface area (Å²) in [7, 11) is 1.93. The standard InChI is InChI=1S/C18H21BO3/c1-11-14(19)10-13(18(2,3)4)16(20)15(11)17(21)22-12-8-6-5-7-9-12/h5-10,20H,19H2,1-4H3. The van der Waals surface area contributed by atoms with Crippen molar-refractivity contribution in [2.75, 3.05) is 0 Å². The zero-order valence-electron chi connectivity index (χ0n) is 13.7. The summed E-state index contributed by atoms with van der Waals surface area (Å²) in [5, 5.41) is 10.6. The van der Waals surface area contributed by atoms with Gasteiger partial charge in [-0.25, -0.2) is 4.79 Å². The molecule has 2 aromatic carbocycles. The van der Waals surface area contributed by atoms with E-state index in [2.05, 4.69) is 0 Å². The minimum Gasteiger partial charge on any atom is -0.507 e. The quantitative estimate of drug-likeness (QED) is 0.526. The second-order valence-electron chi connectivity index (χ2n) is 6.54. The molecule has 114 valence electrons. The van der Waals surface area contributed by atoms with Crippen LogP contribution in [-0.2, 0) is 5.41 Å². The number of benzene rings is 2. The van der Waals surface area contributed by atoms with Crippen molar-refractivity contribution in [2.45, 2.75) is 33.1 Å². The van der Waals surface area contributed by atoms with Gasteiger partial charge in [-0.2, -0.15) is 0 Å². The molecule has 2 aromatic rings. The van der Waals surface area contributed by atoms with Crippen LogP contribution in [0.1, 0.15) is 42.3 Å². The van der Waals surface area contributed by atoms with E-state index in [9.17, 15) is 9.90 Å². The Labute approximate surface area is 132 Å². The van der Waals surface area contributed by atoms with E-state index < -0.39 is 5.97 Å². The number of hydrogen-bond donors (Lipinski definition) is 1. The van der Waals surface area contributed by atoms with Crippen molar-refractivity contribution < 1.29 is 14.6 Å². The summed E-state index contributed by atoms with van der Waals surface area (Å²) in [6.07, 6.45) is 0. The molecular formula is C18H21BO3. The SMILES string of the molecule is Bc1cc(C(C)(C)C)c(O)c(C(=O)Oc2ccccc2)c1C. The predicted molar refractivity (Wildman–Crippen MR) is 91.1 cm³/mol. The van der Waals surface area contributed by atoms with E-state index >= 15 is 0 Å². The van der Waals surface area contributed by atoms with Crippen LogP contribution in [0.15, 0.2) is 36.4 Å². The van der Waals surface area contributed by atoms with Gasteiger partial charge in [0.15, 0.2) is 0 Å². The lowest BCUT2D eigenvalue weighted by Gasteiger charge is -2.24. The smallest absolute Gasteiger partial charge is 0.347 e. The van der Waals surface area contributed by atoms with Crippen LogP contribution in [-0.4, -0.2) is 18.9 Å². The lowest BCUT2D eigenvalue weighted by atomic mass is 9.78.